The van der Waals surface area contributed by atoms with Gasteiger partial charge in [0.1, 0.15) is 5.82 Å². The first kappa shape index (κ1) is 15.5. The molecule has 3 N–H and O–H groups in total. The Morgan fingerprint density at radius 2 is 1.81 bits per heavy atom. The van der Waals surface area contributed by atoms with Crippen molar-refractivity contribution in [3.63, 3.8) is 0 Å². The summed E-state index contributed by atoms with van der Waals surface area (Å²) in [6.07, 6.45) is -4.58. The maximum Gasteiger partial charge on any atom is 0.416 e. The van der Waals surface area contributed by atoms with E-state index < -0.39 is 23.6 Å². The largest absolute Gasteiger partial charge is 0.416 e. The molecule has 2 nitrogen and oxygen atoms in total. The highest BCUT2D eigenvalue weighted by Gasteiger charge is 2.35. The van der Waals surface area contributed by atoms with E-state index in [2.05, 4.69) is 5.43 Å². The number of hydrazine groups is 1. The number of halogens is 4. The number of benzene rings is 2. The minimum absolute atomic E-state index is 0.240. The van der Waals surface area contributed by atoms with Crippen LogP contribution in [0.4, 0.5) is 17.6 Å². The van der Waals surface area contributed by atoms with Crippen LogP contribution in [-0.2, 0) is 6.18 Å². The molecule has 2 aromatic carbocycles. The van der Waals surface area contributed by atoms with Crippen LogP contribution in [0.3, 0.4) is 0 Å². The van der Waals surface area contributed by atoms with Gasteiger partial charge in [0.25, 0.3) is 0 Å². The van der Waals surface area contributed by atoms with Gasteiger partial charge in [-0.25, -0.2) is 9.82 Å². The number of alkyl halides is 3. The maximum atomic E-state index is 13.4. The average Bonchev–Trinajstić information content (AvgIpc) is 2.38. The van der Waals surface area contributed by atoms with Gasteiger partial charge in [0.05, 0.1) is 11.6 Å². The smallest absolute Gasteiger partial charge is 0.271 e. The van der Waals surface area contributed by atoms with E-state index in [9.17, 15) is 17.6 Å². The summed E-state index contributed by atoms with van der Waals surface area (Å²) < 4.78 is 52.6. The van der Waals surface area contributed by atoms with Gasteiger partial charge in [0.2, 0.25) is 0 Å². The molecule has 1 unspecified atom stereocenters. The molecule has 0 heterocycles. The maximum absolute atomic E-state index is 13.4. The summed E-state index contributed by atoms with van der Waals surface area (Å²) in [6.45, 7) is 1.81. The van der Waals surface area contributed by atoms with Crippen LogP contribution in [-0.4, -0.2) is 0 Å². The molecule has 0 aromatic heterocycles. The molecule has 2 aromatic rings. The fraction of sp³-hybridized carbons (Fsp3) is 0.200. The minimum atomic E-state index is -4.58. The molecule has 112 valence electrons. The highest BCUT2D eigenvalue weighted by molar-refractivity contribution is 5.40. The van der Waals surface area contributed by atoms with Crippen LogP contribution in [0.15, 0.2) is 42.5 Å². The molecule has 0 bridgehead atoms. The zero-order chi connectivity index (χ0) is 15.6. The zero-order valence-corrected chi connectivity index (χ0v) is 11.2. The number of rotatable bonds is 3. The van der Waals surface area contributed by atoms with E-state index >= 15 is 0 Å². The highest BCUT2D eigenvalue weighted by atomic mass is 19.4. The Bertz CT molecular complexity index is 638. The van der Waals surface area contributed by atoms with Crippen molar-refractivity contribution in [2.75, 3.05) is 0 Å². The first-order valence-electron chi connectivity index (χ1n) is 6.22. The molecule has 0 spiro atoms. The molecule has 0 fully saturated rings. The second-order valence-electron chi connectivity index (χ2n) is 4.74. The zero-order valence-electron chi connectivity index (χ0n) is 11.2. The lowest BCUT2D eigenvalue weighted by molar-refractivity contribution is -0.138. The molecular weight excluding hydrogens is 284 g/mol. The molecule has 0 saturated carbocycles. The Kier molecular flexibility index (Phi) is 4.29. The number of nitrogens with two attached hydrogens (primary N) is 1. The van der Waals surface area contributed by atoms with Crippen LogP contribution in [0, 0.1) is 12.7 Å². The molecule has 0 aliphatic heterocycles. The quantitative estimate of drug-likeness (QED) is 0.515. The monoisotopic (exact) mass is 298 g/mol. The third-order valence-corrected chi connectivity index (χ3v) is 3.17. The Morgan fingerprint density at radius 3 is 2.38 bits per heavy atom. The van der Waals surface area contributed by atoms with Crippen molar-refractivity contribution in [2.45, 2.75) is 19.1 Å². The van der Waals surface area contributed by atoms with Gasteiger partial charge in [-0.05, 0) is 36.2 Å². The minimum Gasteiger partial charge on any atom is -0.271 e. The molecule has 2 rings (SSSR count). The summed E-state index contributed by atoms with van der Waals surface area (Å²) in [6, 6.07) is 8.29. The first-order valence-corrected chi connectivity index (χ1v) is 6.22. The Balaban J connectivity index is 2.59. The molecular formula is C15H14F4N2. The summed E-state index contributed by atoms with van der Waals surface area (Å²) in [4.78, 5) is 0. The Morgan fingerprint density at radius 1 is 1.10 bits per heavy atom. The number of hydrogen-bond donors (Lipinski definition) is 2. The van der Waals surface area contributed by atoms with Gasteiger partial charge in [0.15, 0.2) is 0 Å². The average molecular weight is 298 g/mol. The van der Waals surface area contributed by atoms with Crippen molar-refractivity contribution in [2.24, 2.45) is 5.84 Å². The van der Waals surface area contributed by atoms with Gasteiger partial charge in [-0.2, -0.15) is 13.2 Å². The van der Waals surface area contributed by atoms with Crippen molar-refractivity contribution in [3.05, 3.63) is 70.5 Å². The van der Waals surface area contributed by atoms with E-state index in [0.29, 0.717) is 5.56 Å². The normalized spacial score (nSPS) is 13.2. The Labute approximate surface area is 119 Å². The van der Waals surface area contributed by atoms with Crippen LogP contribution in [0.5, 0.6) is 0 Å². The second kappa shape index (κ2) is 5.83. The number of aryl methyl sites for hydroxylation is 1. The van der Waals surface area contributed by atoms with E-state index in [4.69, 9.17) is 5.84 Å². The molecule has 21 heavy (non-hydrogen) atoms. The summed E-state index contributed by atoms with van der Waals surface area (Å²) in [5.41, 5.74) is 2.59. The van der Waals surface area contributed by atoms with Crippen molar-refractivity contribution in [1.82, 2.24) is 5.43 Å². The van der Waals surface area contributed by atoms with Crippen LogP contribution in [0.1, 0.15) is 28.3 Å². The molecule has 0 saturated heterocycles. The lowest BCUT2D eigenvalue weighted by Gasteiger charge is -2.22. The molecule has 0 radical (unpaired) electrons. The highest BCUT2D eigenvalue weighted by Crippen LogP contribution is 2.36. The standard InChI is InChI=1S/C15H14F4N2/c1-9-3-2-4-10(7-9)14(21-20)12-8-11(16)5-6-13(12)15(17,18)19/h2-8,14,21H,20H2,1H3. The van der Waals surface area contributed by atoms with E-state index in [1.165, 1.54) is 0 Å². The van der Waals surface area contributed by atoms with Gasteiger partial charge in [-0.1, -0.05) is 29.8 Å². The molecule has 0 aliphatic carbocycles. The van der Waals surface area contributed by atoms with Crippen LogP contribution < -0.4 is 11.3 Å². The molecule has 0 aliphatic rings. The van der Waals surface area contributed by atoms with Gasteiger partial charge in [0, 0.05) is 0 Å². The van der Waals surface area contributed by atoms with Crippen molar-refractivity contribution < 1.29 is 17.6 Å². The summed E-state index contributed by atoms with van der Waals surface area (Å²) in [5, 5.41) is 0. The predicted molar refractivity (Wildman–Crippen MR) is 71.7 cm³/mol. The van der Waals surface area contributed by atoms with Crippen LogP contribution in [0.2, 0.25) is 0 Å². The predicted octanol–water partition coefficient (Wildman–Crippen LogP) is 3.71. The lowest BCUT2D eigenvalue weighted by atomic mass is 9.93. The summed E-state index contributed by atoms with van der Waals surface area (Å²) in [5.74, 6) is 4.66. The third-order valence-electron chi connectivity index (χ3n) is 3.17. The number of hydrogen-bond acceptors (Lipinski definition) is 2. The Hall–Kier alpha value is -1.92. The van der Waals surface area contributed by atoms with Crippen molar-refractivity contribution >= 4 is 0 Å². The van der Waals surface area contributed by atoms with E-state index in [1.807, 2.05) is 13.0 Å². The fourth-order valence-corrected chi connectivity index (χ4v) is 2.25. The van der Waals surface area contributed by atoms with Crippen LogP contribution in [0.25, 0.3) is 0 Å². The lowest BCUT2D eigenvalue weighted by Crippen LogP contribution is -2.30. The van der Waals surface area contributed by atoms with Gasteiger partial charge in [-0.15, -0.1) is 0 Å². The van der Waals surface area contributed by atoms with E-state index in [-0.39, 0.29) is 5.56 Å². The third kappa shape index (κ3) is 3.40. The molecule has 6 heteroatoms. The second-order valence-corrected chi connectivity index (χ2v) is 4.74. The molecule has 0 amide bonds. The van der Waals surface area contributed by atoms with E-state index in [0.717, 1.165) is 23.8 Å². The summed E-state index contributed by atoms with van der Waals surface area (Å²) in [7, 11) is 0. The van der Waals surface area contributed by atoms with Gasteiger partial charge < -0.3 is 0 Å². The van der Waals surface area contributed by atoms with Crippen LogP contribution >= 0.6 is 0 Å². The fourth-order valence-electron chi connectivity index (χ4n) is 2.25. The van der Waals surface area contributed by atoms with Gasteiger partial charge in [-0.3, -0.25) is 5.84 Å². The number of nitrogens with one attached hydrogen (secondary N) is 1. The SMILES string of the molecule is Cc1cccc(C(NN)c2cc(F)ccc2C(F)(F)F)c1. The molecule has 1 atom stereocenters. The van der Waals surface area contributed by atoms with E-state index in [1.54, 1.807) is 18.2 Å². The van der Waals surface area contributed by atoms with Gasteiger partial charge >= 0.3 is 6.18 Å². The summed E-state index contributed by atoms with van der Waals surface area (Å²) >= 11 is 0. The first-order chi connectivity index (χ1) is 9.82. The van der Waals surface area contributed by atoms with Crippen molar-refractivity contribution in [3.8, 4) is 0 Å². The topological polar surface area (TPSA) is 38.0 Å². The van der Waals surface area contributed by atoms with Crippen molar-refractivity contribution in [1.29, 1.82) is 0 Å².